The van der Waals surface area contributed by atoms with Crippen molar-refractivity contribution in [2.75, 3.05) is 24.6 Å². The fourth-order valence-corrected chi connectivity index (χ4v) is 5.64. The lowest BCUT2D eigenvalue weighted by Gasteiger charge is -2.33. The second kappa shape index (κ2) is 11.0. The summed E-state index contributed by atoms with van der Waals surface area (Å²) in [6, 6.07) is 19.7. The quantitative estimate of drug-likeness (QED) is 0.261. The molecule has 10 heteroatoms. The molecule has 1 atom stereocenters. The van der Waals surface area contributed by atoms with Gasteiger partial charge in [-0.1, -0.05) is 42.4 Å². The Morgan fingerprint density at radius 1 is 1.15 bits per heavy atom. The average molecular weight is 554 g/mol. The summed E-state index contributed by atoms with van der Waals surface area (Å²) < 4.78 is 12.4. The second-order valence-corrected chi connectivity index (χ2v) is 10.5. The van der Waals surface area contributed by atoms with Gasteiger partial charge in [-0.05, 0) is 72.7 Å². The number of nitrogens with one attached hydrogen (secondary N) is 1. The first-order valence-corrected chi connectivity index (χ1v) is 13.8. The smallest absolute Gasteiger partial charge is 0.439 e. The molecule has 41 heavy (non-hydrogen) atoms. The number of aromatic amines is 1. The highest BCUT2D eigenvalue weighted by atomic mass is 16.5. The van der Waals surface area contributed by atoms with E-state index in [1.54, 1.807) is 22.8 Å². The van der Waals surface area contributed by atoms with E-state index in [9.17, 15) is 14.7 Å². The number of imidazole rings is 1. The number of nitrogens with zero attached hydrogens (tertiary/aromatic N) is 4. The lowest BCUT2D eigenvalue weighted by atomic mass is 9.95. The number of hydrogen-bond acceptors (Lipinski definition) is 7. The normalized spacial score (nSPS) is 15.4. The molecule has 3 heterocycles. The number of hydrogen-bond donors (Lipinski definition) is 2. The Bertz CT molecular complexity index is 1770. The van der Waals surface area contributed by atoms with Crippen LogP contribution in [0.1, 0.15) is 42.6 Å². The van der Waals surface area contributed by atoms with E-state index in [0.29, 0.717) is 41.9 Å². The van der Waals surface area contributed by atoms with Crippen LogP contribution in [0.3, 0.4) is 0 Å². The maximum atomic E-state index is 12.0. The highest BCUT2D eigenvalue weighted by Gasteiger charge is 2.21. The second-order valence-electron chi connectivity index (χ2n) is 10.5. The zero-order valence-corrected chi connectivity index (χ0v) is 23.0. The molecule has 2 aromatic heterocycles. The van der Waals surface area contributed by atoms with E-state index in [1.165, 1.54) is 6.42 Å². The van der Waals surface area contributed by atoms with Gasteiger partial charge in [0.2, 0.25) is 0 Å². The largest absolute Gasteiger partial charge is 0.478 e. The van der Waals surface area contributed by atoms with Crippen molar-refractivity contribution in [3.05, 3.63) is 82.3 Å². The molecule has 0 aliphatic carbocycles. The van der Waals surface area contributed by atoms with Crippen LogP contribution in [0.5, 0.6) is 6.01 Å². The predicted octanol–water partition coefficient (Wildman–Crippen LogP) is 5.43. The van der Waals surface area contributed by atoms with Gasteiger partial charge in [0, 0.05) is 24.3 Å². The Morgan fingerprint density at radius 2 is 1.98 bits per heavy atom. The number of carbonyl (C=O) groups is 1. The molecule has 0 radical (unpaired) electrons. The number of H-pyrrole nitrogens is 1. The predicted molar refractivity (Wildman–Crippen MR) is 156 cm³/mol. The molecule has 1 unspecified atom stereocenters. The number of ether oxygens (including phenoxy) is 1. The van der Waals surface area contributed by atoms with Gasteiger partial charge in [0.15, 0.2) is 5.82 Å². The van der Waals surface area contributed by atoms with Crippen molar-refractivity contribution in [3.63, 3.8) is 0 Å². The summed E-state index contributed by atoms with van der Waals surface area (Å²) in [6.45, 7) is 6.93. The van der Waals surface area contributed by atoms with Gasteiger partial charge in [-0.2, -0.15) is 4.98 Å². The van der Waals surface area contributed by atoms with Crippen molar-refractivity contribution in [1.29, 1.82) is 0 Å². The molecule has 0 bridgehead atoms. The Kier molecular flexibility index (Phi) is 7.05. The molecule has 0 saturated carbocycles. The monoisotopic (exact) mass is 553 g/mol. The Balaban J connectivity index is 1.38. The maximum Gasteiger partial charge on any atom is 0.439 e. The first kappa shape index (κ1) is 26.4. The van der Waals surface area contributed by atoms with E-state index < -0.39 is 11.7 Å². The Labute approximate surface area is 236 Å². The van der Waals surface area contributed by atoms with Gasteiger partial charge in [0.25, 0.3) is 6.01 Å². The minimum atomic E-state index is -1.02. The van der Waals surface area contributed by atoms with Crippen LogP contribution >= 0.6 is 0 Å². The number of para-hydroxylation sites is 1. The molecule has 1 saturated heterocycles. The molecule has 1 aliphatic rings. The zero-order valence-electron chi connectivity index (χ0n) is 23.0. The van der Waals surface area contributed by atoms with Crippen LogP contribution in [0.15, 0.2) is 70.0 Å². The van der Waals surface area contributed by atoms with Gasteiger partial charge in [-0.15, -0.1) is 0 Å². The number of carboxylic acids is 1. The van der Waals surface area contributed by atoms with Crippen LogP contribution in [-0.2, 0) is 6.54 Å². The van der Waals surface area contributed by atoms with Crippen LogP contribution in [0, 0.1) is 5.92 Å². The standard InChI is InChI=1S/C31H31N5O5/c1-3-40-30-32-26-8-4-7-24(29(37)38)27(26)36(30)18-20-9-11-21(12-10-20)25-16-22(35-15-5-6-19(2)17-35)13-14-23(25)28-33-31(39)41-34-28/h4,7-14,16,19H,3,5-6,15,17-18H2,1-2H3,(H,37,38)(H,33,34,39). The fraction of sp³-hybridized carbons (Fsp3) is 0.290. The first-order chi connectivity index (χ1) is 19.9. The van der Waals surface area contributed by atoms with Crippen molar-refractivity contribution in [1.82, 2.24) is 19.7 Å². The summed E-state index contributed by atoms with van der Waals surface area (Å²) in [6.07, 6.45) is 2.38. The summed E-state index contributed by atoms with van der Waals surface area (Å²) in [7, 11) is 0. The van der Waals surface area contributed by atoms with Crippen LogP contribution in [-0.4, -0.2) is 50.5 Å². The van der Waals surface area contributed by atoms with E-state index >= 15 is 0 Å². The Hall–Kier alpha value is -4.86. The van der Waals surface area contributed by atoms with Crippen molar-refractivity contribution >= 4 is 22.7 Å². The third-order valence-electron chi connectivity index (χ3n) is 7.56. The fourth-order valence-electron chi connectivity index (χ4n) is 5.64. The number of anilines is 1. The van der Waals surface area contributed by atoms with E-state index in [-0.39, 0.29) is 5.56 Å². The molecule has 2 N–H and O–H groups in total. The third-order valence-corrected chi connectivity index (χ3v) is 7.56. The molecule has 1 fully saturated rings. The van der Waals surface area contributed by atoms with Crippen LogP contribution in [0.2, 0.25) is 0 Å². The molecule has 210 valence electrons. The average Bonchev–Trinajstić information content (AvgIpc) is 3.56. The van der Waals surface area contributed by atoms with E-state index in [0.717, 1.165) is 47.5 Å². The van der Waals surface area contributed by atoms with Gasteiger partial charge in [0.1, 0.15) is 0 Å². The molecule has 0 spiro atoms. The lowest BCUT2D eigenvalue weighted by molar-refractivity contribution is 0.0698. The number of piperidine rings is 1. The van der Waals surface area contributed by atoms with Crippen LogP contribution < -0.4 is 15.4 Å². The molecular weight excluding hydrogens is 522 g/mol. The van der Waals surface area contributed by atoms with Gasteiger partial charge in [0.05, 0.1) is 29.7 Å². The third kappa shape index (κ3) is 5.20. The van der Waals surface area contributed by atoms with E-state index in [2.05, 4.69) is 39.1 Å². The summed E-state index contributed by atoms with van der Waals surface area (Å²) in [5.74, 6) is -0.620. The van der Waals surface area contributed by atoms with Gasteiger partial charge in [-0.25, -0.2) is 9.59 Å². The topological polar surface area (TPSA) is 126 Å². The van der Waals surface area contributed by atoms with Gasteiger partial charge >= 0.3 is 11.7 Å². The highest BCUT2D eigenvalue weighted by Crippen LogP contribution is 2.35. The summed E-state index contributed by atoms with van der Waals surface area (Å²) >= 11 is 0. The number of fused-ring (bicyclic) bond motifs is 1. The minimum absolute atomic E-state index is 0.174. The number of aromatic nitrogens is 4. The van der Waals surface area contributed by atoms with Crippen LogP contribution in [0.4, 0.5) is 5.69 Å². The highest BCUT2D eigenvalue weighted by molar-refractivity contribution is 6.01. The van der Waals surface area contributed by atoms with Crippen molar-refractivity contribution in [3.8, 4) is 28.5 Å². The van der Waals surface area contributed by atoms with Gasteiger partial charge in [-0.3, -0.25) is 14.1 Å². The minimum Gasteiger partial charge on any atom is -0.478 e. The molecular formula is C31H31N5O5. The zero-order chi connectivity index (χ0) is 28.5. The maximum absolute atomic E-state index is 12.0. The number of benzene rings is 3. The van der Waals surface area contributed by atoms with E-state index in [4.69, 9.17) is 9.26 Å². The lowest BCUT2D eigenvalue weighted by Crippen LogP contribution is -2.34. The summed E-state index contributed by atoms with van der Waals surface area (Å²) in [4.78, 5) is 33.3. The number of aromatic carboxylic acids is 1. The molecule has 3 aromatic carbocycles. The number of carboxylic acid groups (broad SMARTS) is 1. The molecule has 0 amide bonds. The van der Waals surface area contributed by atoms with Crippen molar-refractivity contribution in [2.24, 2.45) is 5.92 Å². The van der Waals surface area contributed by atoms with Crippen LogP contribution in [0.25, 0.3) is 33.5 Å². The van der Waals surface area contributed by atoms with Crippen molar-refractivity contribution < 1.29 is 19.2 Å². The first-order valence-electron chi connectivity index (χ1n) is 13.8. The molecule has 10 nitrogen and oxygen atoms in total. The summed E-state index contributed by atoms with van der Waals surface area (Å²) in [5.41, 5.74) is 5.98. The molecule has 1 aliphatic heterocycles. The molecule has 5 aromatic rings. The Morgan fingerprint density at radius 3 is 2.68 bits per heavy atom. The van der Waals surface area contributed by atoms with Gasteiger partial charge < -0.3 is 14.7 Å². The molecule has 6 rings (SSSR count). The van der Waals surface area contributed by atoms with Crippen molar-refractivity contribution in [2.45, 2.75) is 33.2 Å². The summed E-state index contributed by atoms with van der Waals surface area (Å²) in [5, 5.41) is 13.8. The number of rotatable bonds is 8. The van der Waals surface area contributed by atoms with E-state index in [1.807, 2.05) is 37.3 Å². The SMILES string of the molecule is CCOc1nc2cccc(C(=O)O)c2n1Cc1ccc(-c2cc(N3CCCC(C)C3)ccc2-c2noc(=O)[nH]2)cc1.